The molecule has 0 aliphatic heterocycles. The maximum Gasteiger partial charge on any atom is 0.303 e. The lowest BCUT2D eigenvalue weighted by Crippen LogP contribution is -1.96. The second-order valence-electron chi connectivity index (χ2n) is 3.79. The van der Waals surface area contributed by atoms with Crippen LogP contribution in [0.15, 0.2) is 12.1 Å². The molecule has 0 radical (unpaired) electrons. The minimum Gasteiger partial charge on any atom is -0.481 e. The summed E-state index contributed by atoms with van der Waals surface area (Å²) in [5.41, 5.74) is 1.45. The van der Waals surface area contributed by atoms with Crippen LogP contribution in [0.4, 0.5) is 4.39 Å². The first-order valence-electron chi connectivity index (χ1n) is 5.17. The highest BCUT2D eigenvalue weighted by Gasteiger charge is 2.06. The number of rotatable bonds is 5. The van der Waals surface area contributed by atoms with Gasteiger partial charge in [0.25, 0.3) is 0 Å². The number of benzene rings is 1. The molecule has 0 unspecified atom stereocenters. The van der Waals surface area contributed by atoms with Gasteiger partial charge in [-0.25, -0.2) is 4.39 Å². The summed E-state index contributed by atoms with van der Waals surface area (Å²) in [7, 11) is 0. The van der Waals surface area contributed by atoms with Crippen molar-refractivity contribution in [2.75, 3.05) is 0 Å². The van der Waals surface area contributed by atoms with Gasteiger partial charge in [-0.3, -0.25) is 4.79 Å². The van der Waals surface area contributed by atoms with E-state index in [9.17, 15) is 9.18 Å². The summed E-state index contributed by atoms with van der Waals surface area (Å²) in [5.74, 6) is -1.10. The Labute approximate surface area is 99.0 Å². The molecule has 0 aliphatic rings. The number of unbranched alkanes of at least 4 members (excludes halogenated alkanes) is 1. The standard InChI is InChI=1S/C12H14ClFO2/c1-8-6-9(10(13)7-11(8)14)4-2-3-5-12(15)16/h6-7H,2-5H2,1H3,(H,15,16). The van der Waals surface area contributed by atoms with E-state index in [1.807, 2.05) is 0 Å². The van der Waals surface area contributed by atoms with E-state index in [1.165, 1.54) is 6.07 Å². The first-order valence-corrected chi connectivity index (χ1v) is 5.55. The monoisotopic (exact) mass is 244 g/mol. The molecule has 0 bridgehead atoms. The molecule has 0 spiro atoms. The zero-order valence-corrected chi connectivity index (χ0v) is 9.85. The average Bonchev–Trinajstić information content (AvgIpc) is 2.19. The SMILES string of the molecule is Cc1cc(CCCCC(=O)O)c(Cl)cc1F. The van der Waals surface area contributed by atoms with E-state index in [0.29, 0.717) is 23.4 Å². The third kappa shape index (κ3) is 3.81. The minimum atomic E-state index is -0.790. The van der Waals surface area contributed by atoms with E-state index in [0.717, 1.165) is 12.0 Å². The summed E-state index contributed by atoms with van der Waals surface area (Å²) in [5, 5.41) is 8.89. The zero-order valence-electron chi connectivity index (χ0n) is 9.09. The molecule has 16 heavy (non-hydrogen) atoms. The lowest BCUT2D eigenvalue weighted by molar-refractivity contribution is -0.137. The number of hydrogen-bond donors (Lipinski definition) is 1. The zero-order chi connectivity index (χ0) is 12.1. The number of hydrogen-bond acceptors (Lipinski definition) is 1. The third-order valence-electron chi connectivity index (χ3n) is 2.41. The van der Waals surface area contributed by atoms with Crippen molar-refractivity contribution in [3.05, 3.63) is 34.1 Å². The van der Waals surface area contributed by atoms with Gasteiger partial charge in [-0.1, -0.05) is 17.7 Å². The molecule has 0 aliphatic carbocycles. The van der Waals surface area contributed by atoms with Crippen molar-refractivity contribution in [2.24, 2.45) is 0 Å². The van der Waals surface area contributed by atoms with Gasteiger partial charge in [0.05, 0.1) is 0 Å². The van der Waals surface area contributed by atoms with E-state index in [1.54, 1.807) is 13.0 Å². The Bertz CT molecular complexity index is 391. The largest absolute Gasteiger partial charge is 0.481 e. The van der Waals surface area contributed by atoms with Crippen LogP contribution in [-0.2, 0) is 11.2 Å². The van der Waals surface area contributed by atoms with Gasteiger partial charge in [-0.05, 0) is 43.4 Å². The van der Waals surface area contributed by atoms with Gasteiger partial charge in [0.2, 0.25) is 0 Å². The smallest absolute Gasteiger partial charge is 0.303 e. The van der Waals surface area contributed by atoms with Crippen molar-refractivity contribution in [2.45, 2.75) is 32.6 Å². The summed E-state index contributed by atoms with van der Waals surface area (Å²) in [4.78, 5) is 10.3. The molecule has 0 fully saturated rings. The third-order valence-corrected chi connectivity index (χ3v) is 2.77. The molecule has 1 rings (SSSR count). The first kappa shape index (κ1) is 13.0. The van der Waals surface area contributed by atoms with Crippen molar-refractivity contribution < 1.29 is 14.3 Å². The summed E-state index contributed by atoms with van der Waals surface area (Å²) >= 11 is 5.89. The van der Waals surface area contributed by atoms with Crippen LogP contribution >= 0.6 is 11.6 Å². The molecule has 0 aromatic heterocycles. The molecule has 0 saturated carbocycles. The predicted molar refractivity (Wildman–Crippen MR) is 61.3 cm³/mol. The highest BCUT2D eigenvalue weighted by Crippen LogP contribution is 2.22. The molecule has 2 nitrogen and oxygen atoms in total. The summed E-state index contributed by atoms with van der Waals surface area (Å²) in [6.45, 7) is 1.69. The Morgan fingerprint density at radius 3 is 2.75 bits per heavy atom. The van der Waals surface area contributed by atoms with E-state index in [-0.39, 0.29) is 12.2 Å². The number of carbonyl (C=O) groups is 1. The van der Waals surface area contributed by atoms with Crippen molar-refractivity contribution in [1.82, 2.24) is 0 Å². The lowest BCUT2D eigenvalue weighted by atomic mass is 10.0. The molecule has 88 valence electrons. The topological polar surface area (TPSA) is 37.3 Å². The van der Waals surface area contributed by atoms with E-state index >= 15 is 0 Å². The normalized spacial score (nSPS) is 10.4. The number of aryl methyl sites for hydroxylation is 2. The Morgan fingerprint density at radius 1 is 1.44 bits per heavy atom. The molecule has 1 N–H and O–H groups in total. The maximum absolute atomic E-state index is 13.1. The first-order chi connectivity index (χ1) is 7.50. The van der Waals surface area contributed by atoms with Crippen LogP contribution in [0.2, 0.25) is 5.02 Å². The fourth-order valence-electron chi connectivity index (χ4n) is 1.50. The van der Waals surface area contributed by atoms with Gasteiger partial charge in [-0.15, -0.1) is 0 Å². The van der Waals surface area contributed by atoms with Crippen molar-refractivity contribution in [3.63, 3.8) is 0 Å². The van der Waals surface area contributed by atoms with Crippen molar-refractivity contribution >= 4 is 17.6 Å². The number of aliphatic carboxylic acids is 1. The van der Waals surface area contributed by atoms with Crippen molar-refractivity contribution in [3.8, 4) is 0 Å². The van der Waals surface area contributed by atoms with Crippen LogP contribution in [0, 0.1) is 12.7 Å². The van der Waals surface area contributed by atoms with Crippen LogP contribution in [0.3, 0.4) is 0 Å². The second-order valence-corrected chi connectivity index (χ2v) is 4.20. The average molecular weight is 245 g/mol. The summed E-state index contributed by atoms with van der Waals surface area (Å²) in [6.07, 6.45) is 2.21. The highest BCUT2D eigenvalue weighted by molar-refractivity contribution is 6.31. The van der Waals surface area contributed by atoms with Crippen molar-refractivity contribution in [1.29, 1.82) is 0 Å². The van der Waals surface area contributed by atoms with Crippen LogP contribution in [0.25, 0.3) is 0 Å². The van der Waals surface area contributed by atoms with E-state index < -0.39 is 5.97 Å². The summed E-state index contributed by atoms with van der Waals surface area (Å²) < 4.78 is 13.1. The van der Waals surface area contributed by atoms with E-state index in [4.69, 9.17) is 16.7 Å². The Morgan fingerprint density at radius 2 is 2.12 bits per heavy atom. The van der Waals surface area contributed by atoms with Crippen LogP contribution in [0.1, 0.15) is 30.4 Å². The molecular weight excluding hydrogens is 231 g/mol. The van der Waals surface area contributed by atoms with Gasteiger partial charge < -0.3 is 5.11 Å². The number of halogens is 2. The minimum absolute atomic E-state index is 0.164. The molecular formula is C12H14ClFO2. The quantitative estimate of drug-likeness (QED) is 0.804. The fraction of sp³-hybridized carbons (Fsp3) is 0.417. The molecule has 0 heterocycles. The Kier molecular flexibility index (Phi) is 4.74. The molecule has 1 aromatic rings. The molecule has 0 amide bonds. The fourth-order valence-corrected chi connectivity index (χ4v) is 1.75. The number of carboxylic acids is 1. The number of carboxylic acid groups (broad SMARTS) is 1. The second kappa shape index (κ2) is 5.85. The predicted octanol–water partition coefficient (Wildman–Crippen LogP) is 3.58. The maximum atomic E-state index is 13.1. The van der Waals surface area contributed by atoms with Crippen LogP contribution in [-0.4, -0.2) is 11.1 Å². The lowest BCUT2D eigenvalue weighted by Gasteiger charge is -2.06. The summed E-state index contributed by atoms with van der Waals surface area (Å²) in [6, 6.07) is 3.03. The van der Waals surface area contributed by atoms with Gasteiger partial charge >= 0.3 is 5.97 Å². The molecule has 0 atom stereocenters. The van der Waals surface area contributed by atoms with Gasteiger partial charge in [0.15, 0.2) is 0 Å². The van der Waals surface area contributed by atoms with Crippen LogP contribution < -0.4 is 0 Å². The Hall–Kier alpha value is -1.09. The Balaban J connectivity index is 2.54. The highest BCUT2D eigenvalue weighted by atomic mass is 35.5. The van der Waals surface area contributed by atoms with Gasteiger partial charge in [0.1, 0.15) is 5.82 Å². The van der Waals surface area contributed by atoms with E-state index in [2.05, 4.69) is 0 Å². The van der Waals surface area contributed by atoms with Gasteiger partial charge in [-0.2, -0.15) is 0 Å². The molecule has 1 aromatic carbocycles. The van der Waals surface area contributed by atoms with Gasteiger partial charge in [0, 0.05) is 11.4 Å². The molecule has 4 heteroatoms. The molecule has 0 saturated heterocycles. The van der Waals surface area contributed by atoms with Crippen LogP contribution in [0.5, 0.6) is 0 Å².